The van der Waals surface area contributed by atoms with Gasteiger partial charge in [-0.2, -0.15) is 0 Å². The van der Waals surface area contributed by atoms with Crippen molar-refractivity contribution in [3.05, 3.63) is 29.8 Å². The molecular weight excluding hydrogens is 470 g/mol. The molecule has 1 aromatic rings. The molecule has 0 bridgehead atoms. The fourth-order valence-electron chi connectivity index (χ4n) is 4.59. The minimum Gasteiger partial charge on any atom is -0.380 e. The van der Waals surface area contributed by atoms with E-state index < -0.39 is 5.92 Å². The van der Waals surface area contributed by atoms with Gasteiger partial charge < -0.3 is 19.4 Å². The van der Waals surface area contributed by atoms with Crippen LogP contribution in [0.3, 0.4) is 0 Å². The number of hydrogen-bond acceptors (Lipinski definition) is 6. The molecule has 0 spiro atoms. The van der Waals surface area contributed by atoms with Gasteiger partial charge in [0.25, 0.3) is 0 Å². The van der Waals surface area contributed by atoms with E-state index in [1.807, 2.05) is 0 Å². The third-order valence-electron chi connectivity index (χ3n) is 6.82. The number of hydrogen-bond donors (Lipinski definition) is 0. The van der Waals surface area contributed by atoms with Crippen molar-refractivity contribution in [3.8, 4) is 0 Å². The van der Waals surface area contributed by atoms with Crippen LogP contribution in [0.1, 0.15) is 57.9 Å². The van der Waals surface area contributed by atoms with Gasteiger partial charge in [0.2, 0.25) is 11.8 Å². The molecule has 37 heavy (non-hydrogen) atoms. The number of Topliss-reactive ketones (excluding diaryl/α,β-unsaturated/α-hetero) is 2. The first kappa shape index (κ1) is 30.6. The Morgan fingerprint density at radius 1 is 0.973 bits per heavy atom. The van der Waals surface area contributed by atoms with Crippen LogP contribution < -0.4 is 4.90 Å². The zero-order valence-corrected chi connectivity index (χ0v) is 23.3. The van der Waals surface area contributed by atoms with Crippen molar-refractivity contribution in [2.75, 3.05) is 58.9 Å². The van der Waals surface area contributed by atoms with Gasteiger partial charge in [-0.25, -0.2) is 0 Å². The number of likely N-dealkylation sites (N-methyl/N-ethyl adjacent to an activating group) is 1. The van der Waals surface area contributed by atoms with Crippen LogP contribution >= 0.6 is 0 Å². The maximum Gasteiger partial charge on any atom is 0.236 e. The van der Waals surface area contributed by atoms with Crippen molar-refractivity contribution in [2.24, 2.45) is 11.8 Å². The number of rotatable bonds is 15. The van der Waals surface area contributed by atoms with Gasteiger partial charge in [0.05, 0.1) is 12.5 Å². The van der Waals surface area contributed by atoms with Crippen LogP contribution in [0.15, 0.2) is 24.3 Å². The Hall–Kier alpha value is -2.58. The fourth-order valence-corrected chi connectivity index (χ4v) is 4.59. The summed E-state index contributed by atoms with van der Waals surface area (Å²) in [5.41, 5.74) is 1.46. The van der Waals surface area contributed by atoms with Gasteiger partial charge in [-0.3, -0.25) is 19.2 Å². The molecule has 0 radical (unpaired) electrons. The summed E-state index contributed by atoms with van der Waals surface area (Å²) >= 11 is 0. The molecule has 0 aliphatic heterocycles. The molecule has 1 saturated carbocycles. The van der Waals surface area contributed by atoms with E-state index in [0.717, 1.165) is 37.9 Å². The molecule has 8 nitrogen and oxygen atoms in total. The van der Waals surface area contributed by atoms with Crippen molar-refractivity contribution in [1.29, 1.82) is 0 Å². The quantitative estimate of drug-likeness (QED) is 0.263. The van der Waals surface area contributed by atoms with Crippen molar-refractivity contribution in [3.63, 3.8) is 0 Å². The summed E-state index contributed by atoms with van der Waals surface area (Å²) in [6.07, 6.45) is 3.88. The van der Waals surface area contributed by atoms with E-state index in [1.165, 1.54) is 9.80 Å². The van der Waals surface area contributed by atoms with E-state index in [0.29, 0.717) is 44.2 Å². The second-order valence-electron chi connectivity index (χ2n) is 10.6. The number of ketones is 2. The lowest BCUT2D eigenvalue weighted by Gasteiger charge is -2.21. The van der Waals surface area contributed by atoms with E-state index in [2.05, 4.69) is 25.8 Å². The van der Waals surface area contributed by atoms with Crippen LogP contribution in [0, 0.1) is 11.8 Å². The third kappa shape index (κ3) is 10.7. The van der Waals surface area contributed by atoms with Crippen LogP contribution in [-0.2, 0) is 30.3 Å². The normalized spacial score (nSPS) is 15.8. The minimum atomic E-state index is -0.470. The molecule has 8 heteroatoms. The Morgan fingerprint density at radius 3 is 2.32 bits per heavy atom. The van der Waals surface area contributed by atoms with Gasteiger partial charge in [0.1, 0.15) is 18.0 Å². The van der Waals surface area contributed by atoms with Crippen molar-refractivity contribution >= 4 is 29.1 Å². The molecule has 0 N–H and O–H groups in total. The second-order valence-corrected chi connectivity index (χ2v) is 10.6. The summed E-state index contributed by atoms with van der Waals surface area (Å²) in [4.78, 5) is 55.0. The van der Waals surface area contributed by atoms with Gasteiger partial charge >= 0.3 is 0 Å². The highest BCUT2D eigenvalue weighted by molar-refractivity contribution is 6.05. The average molecular weight is 516 g/mol. The lowest BCUT2D eigenvalue weighted by Crippen LogP contribution is -2.36. The van der Waals surface area contributed by atoms with Gasteiger partial charge in [0.15, 0.2) is 0 Å². The lowest BCUT2D eigenvalue weighted by atomic mass is 9.83. The molecule has 206 valence electrons. The average Bonchev–Trinajstić information content (AvgIpc) is 2.85. The van der Waals surface area contributed by atoms with Crippen LogP contribution in [0.5, 0.6) is 0 Å². The van der Waals surface area contributed by atoms with E-state index in [-0.39, 0.29) is 36.2 Å². The monoisotopic (exact) mass is 515 g/mol. The number of ether oxygens (including phenoxy) is 1. The Morgan fingerprint density at radius 2 is 1.68 bits per heavy atom. The van der Waals surface area contributed by atoms with Crippen LogP contribution in [0.4, 0.5) is 5.69 Å². The highest BCUT2D eigenvalue weighted by atomic mass is 16.5. The fraction of sp³-hybridized carbons (Fsp3) is 0.655. The third-order valence-corrected chi connectivity index (χ3v) is 6.82. The summed E-state index contributed by atoms with van der Waals surface area (Å²) in [7, 11) is 5.42. The molecule has 1 aromatic carbocycles. The summed E-state index contributed by atoms with van der Waals surface area (Å²) in [6, 6.07) is 7.14. The first-order valence-corrected chi connectivity index (χ1v) is 13.5. The van der Waals surface area contributed by atoms with E-state index >= 15 is 0 Å². The summed E-state index contributed by atoms with van der Waals surface area (Å²) < 4.78 is 5.66. The highest BCUT2D eigenvalue weighted by Gasteiger charge is 2.28. The first-order valence-electron chi connectivity index (χ1n) is 13.5. The van der Waals surface area contributed by atoms with Gasteiger partial charge in [-0.15, -0.1) is 0 Å². The maximum atomic E-state index is 12.7. The second kappa shape index (κ2) is 15.6. The molecule has 1 fully saturated rings. The predicted octanol–water partition coefficient (Wildman–Crippen LogP) is 3.36. The topological polar surface area (TPSA) is 87.2 Å². The van der Waals surface area contributed by atoms with Crippen LogP contribution in [0.2, 0.25) is 0 Å². The highest BCUT2D eigenvalue weighted by Crippen LogP contribution is 2.23. The van der Waals surface area contributed by atoms with Crippen LogP contribution in [-0.4, -0.2) is 87.2 Å². The first-order chi connectivity index (χ1) is 17.6. The lowest BCUT2D eigenvalue weighted by molar-refractivity contribution is -0.135. The summed E-state index contributed by atoms with van der Waals surface area (Å²) in [5.74, 6) is -0.356. The standard InChI is InChI=1S/C29H45N3O5/c1-22(2)21-30(3)15-8-17-37-18-16-31(4)28(35)20-29(36)32(5)24-13-11-23(12-14-24)19-27(34)25-9-6-7-10-26(25)33/h11-14,22,25H,6-10,15-21H2,1-5H3. The zero-order valence-electron chi connectivity index (χ0n) is 23.3. The molecule has 0 heterocycles. The largest absolute Gasteiger partial charge is 0.380 e. The molecule has 1 unspecified atom stereocenters. The van der Waals surface area contributed by atoms with Crippen LogP contribution in [0.25, 0.3) is 0 Å². The Balaban J connectivity index is 1.71. The number of amides is 2. The number of nitrogens with zero attached hydrogens (tertiary/aromatic N) is 3. The van der Waals surface area contributed by atoms with E-state index in [1.54, 1.807) is 38.4 Å². The minimum absolute atomic E-state index is 0.0297. The Bertz CT molecular complexity index is 899. The number of anilines is 1. The van der Waals surface area contributed by atoms with Crippen molar-refractivity contribution in [1.82, 2.24) is 9.80 Å². The number of carbonyl (C=O) groups is 4. The molecule has 1 aliphatic rings. The SMILES string of the molecule is CC(C)CN(C)CCCOCCN(C)C(=O)CC(=O)N(C)c1ccc(CC(=O)C2CCCCC2=O)cc1. The molecule has 1 atom stereocenters. The Labute approximate surface area is 222 Å². The van der Waals surface area contributed by atoms with Gasteiger partial charge in [0, 0.05) is 58.9 Å². The number of carbonyl (C=O) groups excluding carboxylic acids is 4. The molecule has 2 rings (SSSR count). The maximum absolute atomic E-state index is 12.7. The summed E-state index contributed by atoms with van der Waals surface area (Å²) in [5, 5.41) is 0. The molecule has 0 aromatic heterocycles. The molecule has 1 aliphatic carbocycles. The molecule has 0 saturated heterocycles. The van der Waals surface area contributed by atoms with E-state index in [9.17, 15) is 19.2 Å². The number of benzene rings is 1. The Kier molecular flexibility index (Phi) is 12.9. The molecular formula is C29H45N3O5. The van der Waals surface area contributed by atoms with Crippen molar-refractivity contribution < 1.29 is 23.9 Å². The zero-order chi connectivity index (χ0) is 27.4. The van der Waals surface area contributed by atoms with E-state index in [4.69, 9.17) is 4.74 Å². The smallest absolute Gasteiger partial charge is 0.236 e. The van der Waals surface area contributed by atoms with Gasteiger partial charge in [-0.1, -0.05) is 32.4 Å². The predicted molar refractivity (Wildman–Crippen MR) is 146 cm³/mol. The molecule has 2 amide bonds. The van der Waals surface area contributed by atoms with Gasteiger partial charge in [-0.05, 0) is 49.9 Å². The van der Waals surface area contributed by atoms with Crippen molar-refractivity contribution in [2.45, 2.75) is 58.8 Å². The summed E-state index contributed by atoms with van der Waals surface area (Å²) in [6.45, 7) is 7.95.